The monoisotopic (exact) mass is 226 g/mol. The van der Waals surface area contributed by atoms with Crippen molar-refractivity contribution in [2.45, 2.75) is 32.8 Å². The predicted molar refractivity (Wildman–Crippen MR) is 52.4 cm³/mol. The largest absolute Gasteiger partial charge is 0.392 e. The lowest BCUT2D eigenvalue weighted by Gasteiger charge is -2.42. The van der Waals surface area contributed by atoms with Crippen molar-refractivity contribution in [1.82, 2.24) is 0 Å². The summed E-state index contributed by atoms with van der Waals surface area (Å²) in [5.74, 6) is -1.27. The molecule has 0 aromatic rings. The normalized spacial score (nSPS) is 43.2. The number of Topliss-reactive ketones (excluding diaryl/α,β-unsaturated/α-hetero) is 1. The molecule has 1 aliphatic heterocycles. The number of rotatable bonds is 1. The molecule has 0 spiro atoms. The van der Waals surface area contributed by atoms with Gasteiger partial charge in [0.15, 0.2) is 0 Å². The molecule has 1 aliphatic carbocycles. The molecule has 2 rings (SSSR count). The molecule has 1 saturated carbocycles. The summed E-state index contributed by atoms with van der Waals surface area (Å²) in [6.45, 7) is 3.24. The summed E-state index contributed by atoms with van der Waals surface area (Å²) in [5.41, 5.74) is -2.13. The lowest BCUT2D eigenvalue weighted by molar-refractivity contribution is -0.161. The minimum atomic E-state index is -1.08. The Morgan fingerprint density at radius 3 is 2.44 bits per heavy atom. The first kappa shape index (κ1) is 11.3. The van der Waals surface area contributed by atoms with Crippen LogP contribution in [0, 0.1) is 10.8 Å². The van der Waals surface area contributed by atoms with E-state index in [1.54, 1.807) is 13.8 Å². The van der Waals surface area contributed by atoms with Crippen molar-refractivity contribution in [1.29, 1.82) is 0 Å². The van der Waals surface area contributed by atoms with E-state index in [0.717, 1.165) is 0 Å². The third-order valence-corrected chi connectivity index (χ3v) is 4.10. The van der Waals surface area contributed by atoms with Crippen LogP contribution in [0.2, 0.25) is 0 Å². The Morgan fingerprint density at radius 2 is 1.88 bits per heavy atom. The zero-order valence-corrected chi connectivity index (χ0v) is 9.53. The van der Waals surface area contributed by atoms with Gasteiger partial charge in [0.25, 0.3) is 0 Å². The van der Waals surface area contributed by atoms with E-state index < -0.39 is 28.9 Å². The van der Waals surface area contributed by atoms with E-state index in [0.29, 0.717) is 0 Å². The number of carbonyl (C=O) groups is 3. The molecule has 0 bridgehead atoms. The van der Waals surface area contributed by atoms with E-state index in [2.05, 4.69) is 4.74 Å². The maximum atomic E-state index is 11.8. The SMILES string of the molecule is CO[C@H]1CC(=O)C[C@@]2(C)C(=O)OC(=O)[C@@]12C. The van der Waals surface area contributed by atoms with Gasteiger partial charge < -0.3 is 9.47 Å². The number of ether oxygens (including phenoxy) is 2. The zero-order valence-electron chi connectivity index (χ0n) is 9.53. The molecule has 0 N–H and O–H groups in total. The molecule has 5 nitrogen and oxygen atoms in total. The summed E-state index contributed by atoms with van der Waals surface area (Å²) in [6.07, 6.45) is -0.378. The fourth-order valence-electron chi connectivity index (χ4n) is 2.68. The lowest BCUT2D eigenvalue weighted by Crippen LogP contribution is -2.55. The molecular weight excluding hydrogens is 212 g/mol. The van der Waals surface area contributed by atoms with Crippen LogP contribution in [-0.4, -0.2) is 30.9 Å². The highest BCUT2D eigenvalue weighted by molar-refractivity contribution is 6.05. The van der Waals surface area contributed by atoms with E-state index in [4.69, 9.17) is 4.74 Å². The summed E-state index contributed by atoms with van der Waals surface area (Å²) in [6, 6.07) is 0. The van der Waals surface area contributed by atoms with Crippen molar-refractivity contribution in [2.24, 2.45) is 10.8 Å². The fraction of sp³-hybridized carbons (Fsp3) is 0.727. The summed E-state index contributed by atoms with van der Waals surface area (Å²) in [5, 5.41) is 0. The number of esters is 2. The molecule has 1 saturated heterocycles. The van der Waals surface area contributed by atoms with Crippen molar-refractivity contribution in [3.8, 4) is 0 Å². The molecule has 0 radical (unpaired) electrons. The highest BCUT2D eigenvalue weighted by Gasteiger charge is 2.69. The van der Waals surface area contributed by atoms with Crippen molar-refractivity contribution in [3.63, 3.8) is 0 Å². The molecule has 1 heterocycles. The molecule has 0 amide bonds. The van der Waals surface area contributed by atoms with Crippen molar-refractivity contribution < 1.29 is 23.9 Å². The van der Waals surface area contributed by atoms with Crippen LogP contribution in [0.3, 0.4) is 0 Å². The molecule has 88 valence electrons. The van der Waals surface area contributed by atoms with Gasteiger partial charge in [-0.2, -0.15) is 0 Å². The van der Waals surface area contributed by atoms with E-state index >= 15 is 0 Å². The number of carbonyl (C=O) groups excluding carboxylic acids is 3. The van der Waals surface area contributed by atoms with Crippen molar-refractivity contribution >= 4 is 17.7 Å². The molecule has 5 heteroatoms. The van der Waals surface area contributed by atoms with Gasteiger partial charge in [-0.25, -0.2) is 0 Å². The minimum Gasteiger partial charge on any atom is -0.392 e. The summed E-state index contributed by atoms with van der Waals surface area (Å²) in [4.78, 5) is 35.1. The Labute approximate surface area is 93.1 Å². The second-order valence-corrected chi connectivity index (χ2v) is 4.86. The standard InChI is InChI=1S/C11H14O5/c1-10-5-6(12)4-7(15-3)11(10,2)9(14)16-8(10)13/h7H,4-5H2,1-3H3/t7-,10-,11+/m0/s1. The average molecular weight is 226 g/mol. The molecule has 2 aliphatic rings. The molecule has 0 aromatic heterocycles. The first-order valence-electron chi connectivity index (χ1n) is 5.17. The lowest BCUT2D eigenvalue weighted by atomic mass is 9.57. The van der Waals surface area contributed by atoms with Crippen LogP contribution in [0.4, 0.5) is 0 Å². The van der Waals surface area contributed by atoms with Crippen LogP contribution in [0.1, 0.15) is 26.7 Å². The number of hydrogen-bond acceptors (Lipinski definition) is 5. The summed E-state index contributed by atoms with van der Waals surface area (Å²) < 4.78 is 9.87. The van der Waals surface area contributed by atoms with Crippen LogP contribution < -0.4 is 0 Å². The average Bonchev–Trinajstić information content (AvgIpc) is 2.38. The Balaban J connectivity index is 2.54. The zero-order chi connectivity index (χ0) is 12.1. The molecule has 0 unspecified atom stereocenters. The van der Waals surface area contributed by atoms with Crippen LogP contribution in [0.5, 0.6) is 0 Å². The second kappa shape index (κ2) is 3.13. The van der Waals surface area contributed by atoms with Gasteiger partial charge in [-0.05, 0) is 13.8 Å². The van der Waals surface area contributed by atoms with Crippen molar-refractivity contribution in [3.05, 3.63) is 0 Å². The smallest absolute Gasteiger partial charge is 0.323 e. The van der Waals surface area contributed by atoms with E-state index in [1.807, 2.05) is 0 Å². The quantitative estimate of drug-likeness (QED) is 0.480. The maximum Gasteiger partial charge on any atom is 0.323 e. The molecule has 16 heavy (non-hydrogen) atoms. The van der Waals surface area contributed by atoms with Gasteiger partial charge in [-0.3, -0.25) is 14.4 Å². The van der Waals surface area contributed by atoms with Gasteiger partial charge in [0, 0.05) is 20.0 Å². The van der Waals surface area contributed by atoms with Crippen LogP contribution >= 0.6 is 0 Å². The third kappa shape index (κ3) is 1.06. The minimum absolute atomic E-state index is 0.0495. The molecule has 3 atom stereocenters. The van der Waals surface area contributed by atoms with Crippen LogP contribution in [0.25, 0.3) is 0 Å². The maximum absolute atomic E-state index is 11.8. The van der Waals surface area contributed by atoms with Gasteiger partial charge in [0.2, 0.25) is 0 Å². The number of hydrogen-bond donors (Lipinski definition) is 0. The first-order valence-corrected chi connectivity index (χ1v) is 5.17. The third-order valence-electron chi connectivity index (χ3n) is 4.10. The number of ketones is 1. The van der Waals surface area contributed by atoms with E-state index in [1.165, 1.54) is 7.11 Å². The number of cyclic esters (lactones) is 2. The van der Waals surface area contributed by atoms with Crippen LogP contribution in [0.15, 0.2) is 0 Å². The highest BCUT2D eigenvalue weighted by Crippen LogP contribution is 2.55. The topological polar surface area (TPSA) is 69.7 Å². The summed E-state index contributed by atoms with van der Waals surface area (Å²) in [7, 11) is 1.44. The highest BCUT2D eigenvalue weighted by atomic mass is 16.6. The second-order valence-electron chi connectivity index (χ2n) is 4.86. The van der Waals surface area contributed by atoms with Gasteiger partial charge in [0.05, 0.1) is 11.5 Å². The Kier molecular flexibility index (Phi) is 2.21. The van der Waals surface area contributed by atoms with E-state index in [9.17, 15) is 14.4 Å². The fourth-order valence-corrected chi connectivity index (χ4v) is 2.68. The Hall–Kier alpha value is -1.23. The molecule has 0 aromatic carbocycles. The number of methoxy groups -OCH3 is 1. The van der Waals surface area contributed by atoms with Gasteiger partial charge in [-0.15, -0.1) is 0 Å². The Morgan fingerprint density at radius 1 is 1.25 bits per heavy atom. The molecule has 2 fully saturated rings. The van der Waals surface area contributed by atoms with Gasteiger partial charge in [0.1, 0.15) is 11.2 Å². The number of fused-ring (bicyclic) bond motifs is 1. The Bertz CT molecular complexity index is 388. The molecular formula is C11H14O5. The van der Waals surface area contributed by atoms with E-state index in [-0.39, 0.29) is 18.6 Å². The first-order chi connectivity index (χ1) is 7.36. The predicted octanol–water partition coefficient (Wildman–Crippen LogP) is 0.460. The van der Waals surface area contributed by atoms with Gasteiger partial charge >= 0.3 is 11.9 Å². The summed E-state index contributed by atoms with van der Waals surface area (Å²) >= 11 is 0. The van der Waals surface area contributed by atoms with Gasteiger partial charge in [-0.1, -0.05) is 0 Å². The van der Waals surface area contributed by atoms with Crippen molar-refractivity contribution in [2.75, 3.05) is 7.11 Å². The van der Waals surface area contributed by atoms with Crippen LogP contribution in [-0.2, 0) is 23.9 Å².